The molecule has 4 rings (SSSR count). The van der Waals surface area contributed by atoms with Gasteiger partial charge in [-0.25, -0.2) is 9.67 Å². The summed E-state index contributed by atoms with van der Waals surface area (Å²) >= 11 is 0. The highest BCUT2D eigenvalue weighted by Crippen LogP contribution is 2.23. The fraction of sp³-hybridized carbons (Fsp3) is 0.524. The number of fused-ring (bicyclic) bond motifs is 1. The Morgan fingerprint density at radius 1 is 1.14 bits per heavy atom. The maximum absolute atomic E-state index is 5.42. The van der Waals surface area contributed by atoms with Gasteiger partial charge < -0.3 is 15.0 Å². The van der Waals surface area contributed by atoms with Crippen molar-refractivity contribution in [1.82, 2.24) is 25.0 Å². The molecule has 8 heteroatoms. The molecule has 0 amide bonds. The molecule has 1 aromatic carbocycles. The van der Waals surface area contributed by atoms with Crippen molar-refractivity contribution in [2.45, 2.75) is 45.6 Å². The predicted molar refractivity (Wildman–Crippen MR) is 115 cm³/mol. The summed E-state index contributed by atoms with van der Waals surface area (Å²) in [5, 5.41) is 11.8. The smallest absolute Gasteiger partial charge is 0.229 e. The average molecular weight is 396 g/mol. The lowest BCUT2D eigenvalue weighted by atomic mass is 10.1. The molecule has 2 aromatic heterocycles. The van der Waals surface area contributed by atoms with Crippen molar-refractivity contribution in [1.29, 1.82) is 0 Å². The van der Waals surface area contributed by atoms with Gasteiger partial charge in [-0.15, -0.1) is 5.10 Å². The molecule has 1 fully saturated rings. The van der Waals surface area contributed by atoms with E-state index in [4.69, 9.17) is 4.74 Å². The van der Waals surface area contributed by atoms with E-state index in [-0.39, 0.29) is 6.04 Å². The van der Waals surface area contributed by atoms with Crippen molar-refractivity contribution in [3.63, 3.8) is 0 Å². The Bertz CT molecular complexity index is 918. The molecule has 3 aromatic rings. The zero-order valence-electron chi connectivity index (χ0n) is 17.2. The molecule has 1 atom stereocenters. The van der Waals surface area contributed by atoms with Gasteiger partial charge in [-0.2, -0.15) is 4.98 Å². The molecule has 0 spiro atoms. The third-order valence-electron chi connectivity index (χ3n) is 5.36. The van der Waals surface area contributed by atoms with Gasteiger partial charge in [0.25, 0.3) is 0 Å². The number of nitrogens with zero attached hydrogens (tertiary/aromatic N) is 6. The molecular formula is C21H29N7O. The number of ether oxygens (including phenoxy) is 1. The lowest BCUT2D eigenvalue weighted by molar-refractivity contribution is 0.122. The Labute approximate surface area is 171 Å². The Hall–Kier alpha value is -2.74. The minimum atomic E-state index is 0.266. The molecule has 1 aliphatic heterocycles. The molecule has 0 saturated carbocycles. The van der Waals surface area contributed by atoms with Gasteiger partial charge in [-0.3, -0.25) is 0 Å². The Balaban J connectivity index is 1.47. The molecule has 3 heterocycles. The van der Waals surface area contributed by atoms with E-state index in [9.17, 15) is 0 Å². The van der Waals surface area contributed by atoms with Crippen molar-refractivity contribution in [2.24, 2.45) is 0 Å². The molecule has 0 radical (unpaired) electrons. The maximum atomic E-state index is 5.42. The van der Waals surface area contributed by atoms with Gasteiger partial charge in [0, 0.05) is 24.5 Å². The molecule has 1 unspecified atom stereocenters. The first-order valence-electron chi connectivity index (χ1n) is 10.5. The van der Waals surface area contributed by atoms with E-state index in [2.05, 4.69) is 68.6 Å². The zero-order chi connectivity index (χ0) is 20.1. The molecule has 154 valence electrons. The number of morpholine rings is 1. The Kier molecular flexibility index (Phi) is 6.19. The van der Waals surface area contributed by atoms with Crippen molar-refractivity contribution in [3.8, 4) is 0 Å². The van der Waals surface area contributed by atoms with E-state index in [0.717, 1.165) is 49.6 Å². The summed E-state index contributed by atoms with van der Waals surface area (Å²) in [6.07, 6.45) is 6.44. The van der Waals surface area contributed by atoms with Crippen molar-refractivity contribution in [3.05, 3.63) is 30.5 Å². The topological polar surface area (TPSA) is 81.0 Å². The second kappa shape index (κ2) is 9.17. The molecule has 29 heavy (non-hydrogen) atoms. The van der Waals surface area contributed by atoms with Crippen LogP contribution in [0.25, 0.3) is 11.2 Å². The van der Waals surface area contributed by atoms with Gasteiger partial charge in [0.2, 0.25) is 5.95 Å². The lowest BCUT2D eigenvalue weighted by Crippen LogP contribution is -2.36. The van der Waals surface area contributed by atoms with Crippen LogP contribution in [0.3, 0.4) is 0 Å². The highest BCUT2D eigenvalue weighted by Gasteiger charge is 2.14. The van der Waals surface area contributed by atoms with Crippen molar-refractivity contribution >= 4 is 28.5 Å². The summed E-state index contributed by atoms with van der Waals surface area (Å²) in [4.78, 5) is 11.4. The van der Waals surface area contributed by atoms with E-state index in [1.807, 2.05) is 4.68 Å². The molecule has 1 aliphatic rings. The van der Waals surface area contributed by atoms with Gasteiger partial charge >= 0.3 is 0 Å². The van der Waals surface area contributed by atoms with E-state index < -0.39 is 0 Å². The number of aromatic nitrogens is 5. The summed E-state index contributed by atoms with van der Waals surface area (Å²) in [7, 11) is 0. The van der Waals surface area contributed by atoms with Crippen molar-refractivity contribution < 1.29 is 4.74 Å². The highest BCUT2D eigenvalue weighted by atomic mass is 16.5. The van der Waals surface area contributed by atoms with Gasteiger partial charge in [0.05, 0.1) is 25.5 Å². The summed E-state index contributed by atoms with van der Waals surface area (Å²) in [5.41, 5.74) is 3.66. The van der Waals surface area contributed by atoms with Crippen LogP contribution in [0.15, 0.2) is 30.5 Å². The number of rotatable bonds is 8. The van der Waals surface area contributed by atoms with Crippen molar-refractivity contribution in [2.75, 3.05) is 36.5 Å². The normalized spacial score (nSPS) is 15.6. The first-order chi connectivity index (χ1) is 14.2. The standard InChI is InChI=1S/C21H29N7O/c1-3-4-5-6-16(2)28-20-19(25-26-28)15-22-21(24-20)23-17-7-9-18(10-8-17)27-11-13-29-14-12-27/h7-10,15-16H,3-6,11-14H2,1-2H3,(H,22,23,24). The van der Waals surface area contributed by atoms with Gasteiger partial charge in [0.15, 0.2) is 11.2 Å². The number of unbranched alkanes of at least 4 members (excludes halogenated alkanes) is 2. The largest absolute Gasteiger partial charge is 0.378 e. The highest BCUT2D eigenvalue weighted by molar-refractivity contribution is 5.71. The SMILES string of the molecule is CCCCCC(C)n1nnc2cnc(Nc3ccc(N4CCOCC4)cc3)nc21. The molecule has 1 N–H and O–H groups in total. The minimum Gasteiger partial charge on any atom is -0.378 e. The fourth-order valence-electron chi connectivity index (χ4n) is 3.62. The van der Waals surface area contributed by atoms with E-state index >= 15 is 0 Å². The molecular weight excluding hydrogens is 366 g/mol. The second-order valence-corrected chi connectivity index (χ2v) is 7.55. The summed E-state index contributed by atoms with van der Waals surface area (Å²) in [6, 6.07) is 8.62. The third-order valence-corrected chi connectivity index (χ3v) is 5.36. The molecule has 0 aliphatic carbocycles. The number of hydrogen-bond acceptors (Lipinski definition) is 7. The van der Waals surface area contributed by atoms with Gasteiger partial charge in [-0.1, -0.05) is 31.4 Å². The Morgan fingerprint density at radius 3 is 2.69 bits per heavy atom. The van der Waals surface area contributed by atoms with Crippen LogP contribution in [0.2, 0.25) is 0 Å². The molecule has 8 nitrogen and oxygen atoms in total. The number of nitrogens with one attached hydrogen (secondary N) is 1. The monoisotopic (exact) mass is 395 g/mol. The Morgan fingerprint density at radius 2 is 1.93 bits per heavy atom. The zero-order valence-corrected chi connectivity index (χ0v) is 17.2. The first kappa shape index (κ1) is 19.6. The number of anilines is 3. The van der Waals surface area contributed by atoms with E-state index in [0.29, 0.717) is 5.95 Å². The quantitative estimate of drug-likeness (QED) is 0.579. The maximum Gasteiger partial charge on any atom is 0.229 e. The van der Waals surface area contributed by atoms with Crippen LogP contribution in [0, 0.1) is 0 Å². The predicted octanol–water partition coefficient (Wildman–Crippen LogP) is 3.94. The van der Waals surface area contributed by atoms with Crippen LogP contribution in [-0.4, -0.2) is 51.3 Å². The van der Waals surface area contributed by atoms with Gasteiger partial charge in [-0.05, 0) is 37.6 Å². The van der Waals surface area contributed by atoms with E-state index in [1.54, 1.807) is 6.20 Å². The van der Waals surface area contributed by atoms with Crippen LogP contribution in [0.1, 0.15) is 45.6 Å². The van der Waals surface area contributed by atoms with Crippen LogP contribution in [0.5, 0.6) is 0 Å². The summed E-state index contributed by atoms with van der Waals surface area (Å²) in [5.74, 6) is 0.556. The summed E-state index contributed by atoms with van der Waals surface area (Å²) in [6.45, 7) is 7.82. The molecule has 0 bridgehead atoms. The first-order valence-corrected chi connectivity index (χ1v) is 10.5. The van der Waals surface area contributed by atoms with Crippen LogP contribution < -0.4 is 10.2 Å². The summed E-state index contributed by atoms with van der Waals surface area (Å²) < 4.78 is 7.34. The average Bonchev–Trinajstić information content (AvgIpc) is 3.18. The van der Waals surface area contributed by atoms with Gasteiger partial charge in [0.1, 0.15) is 0 Å². The fourth-order valence-corrected chi connectivity index (χ4v) is 3.62. The molecule has 1 saturated heterocycles. The van der Waals surface area contributed by atoms with Crippen LogP contribution in [0.4, 0.5) is 17.3 Å². The minimum absolute atomic E-state index is 0.266. The van der Waals surface area contributed by atoms with Crippen LogP contribution in [-0.2, 0) is 4.74 Å². The second-order valence-electron chi connectivity index (χ2n) is 7.55. The number of hydrogen-bond donors (Lipinski definition) is 1. The van der Waals surface area contributed by atoms with E-state index in [1.165, 1.54) is 24.9 Å². The van der Waals surface area contributed by atoms with Crippen LogP contribution >= 0.6 is 0 Å². The number of benzene rings is 1. The third kappa shape index (κ3) is 4.64. The lowest BCUT2D eigenvalue weighted by Gasteiger charge is -2.28.